The molecule has 0 atom stereocenters. The van der Waals surface area contributed by atoms with Crippen molar-refractivity contribution in [3.05, 3.63) is 59.7 Å². The second-order valence-electron chi connectivity index (χ2n) is 4.52. The standard InChI is InChI=1S/C16H10O4/c17-15(18)11-5-1-3-9-7-10-4-2-6-12(16(19)20)14(10)8-13(9)11/h1-8H,(H,17,18)(H,19,20). The van der Waals surface area contributed by atoms with Crippen LogP contribution in [-0.4, -0.2) is 22.2 Å². The fourth-order valence-electron chi connectivity index (χ4n) is 2.42. The van der Waals surface area contributed by atoms with Crippen LogP contribution in [0, 0.1) is 0 Å². The highest BCUT2D eigenvalue weighted by Gasteiger charge is 2.12. The number of carbonyl (C=O) groups is 2. The Bertz CT molecular complexity index is 796. The van der Waals surface area contributed by atoms with E-state index in [1.807, 2.05) is 18.2 Å². The van der Waals surface area contributed by atoms with E-state index >= 15 is 0 Å². The van der Waals surface area contributed by atoms with Gasteiger partial charge in [-0.15, -0.1) is 0 Å². The maximum absolute atomic E-state index is 11.3. The van der Waals surface area contributed by atoms with Crippen LogP contribution in [0.2, 0.25) is 0 Å². The number of hydrogen-bond acceptors (Lipinski definition) is 2. The van der Waals surface area contributed by atoms with Crippen molar-refractivity contribution in [2.75, 3.05) is 0 Å². The van der Waals surface area contributed by atoms with Gasteiger partial charge in [0.05, 0.1) is 11.1 Å². The number of carboxylic acids is 2. The fourth-order valence-corrected chi connectivity index (χ4v) is 2.42. The third-order valence-electron chi connectivity index (χ3n) is 3.34. The maximum Gasteiger partial charge on any atom is 0.336 e. The first-order valence-corrected chi connectivity index (χ1v) is 6.00. The lowest BCUT2D eigenvalue weighted by atomic mass is 9.97. The van der Waals surface area contributed by atoms with Crippen LogP contribution in [0.25, 0.3) is 21.5 Å². The molecule has 0 fully saturated rings. The Morgan fingerprint density at radius 1 is 0.700 bits per heavy atom. The Morgan fingerprint density at radius 2 is 1.15 bits per heavy atom. The Balaban J connectivity index is 2.48. The third kappa shape index (κ3) is 1.78. The average molecular weight is 266 g/mol. The summed E-state index contributed by atoms with van der Waals surface area (Å²) in [5, 5.41) is 21.1. The van der Waals surface area contributed by atoms with E-state index in [0.29, 0.717) is 10.8 Å². The zero-order valence-electron chi connectivity index (χ0n) is 10.3. The Labute approximate surface area is 113 Å². The van der Waals surface area contributed by atoms with E-state index in [-0.39, 0.29) is 11.1 Å². The van der Waals surface area contributed by atoms with Gasteiger partial charge in [-0.2, -0.15) is 0 Å². The van der Waals surface area contributed by atoms with Crippen molar-refractivity contribution in [1.82, 2.24) is 0 Å². The molecular weight excluding hydrogens is 256 g/mol. The predicted molar refractivity (Wildman–Crippen MR) is 75.4 cm³/mol. The van der Waals surface area contributed by atoms with E-state index in [0.717, 1.165) is 10.8 Å². The van der Waals surface area contributed by atoms with E-state index in [1.54, 1.807) is 18.2 Å². The predicted octanol–water partition coefficient (Wildman–Crippen LogP) is 3.39. The molecule has 98 valence electrons. The Kier molecular flexibility index (Phi) is 2.64. The summed E-state index contributed by atoms with van der Waals surface area (Å²) < 4.78 is 0. The second-order valence-corrected chi connectivity index (χ2v) is 4.52. The quantitative estimate of drug-likeness (QED) is 0.697. The normalized spacial score (nSPS) is 10.8. The summed E-state index contributed by atoms with van der Waals surface area (Å²) in [5.41, 5.74) is 0.342. The lowest BCUT2D eigenvalue weighted by molar-refractivity contribution is 0.0688. The van der Waals surface area contributed by atoms with Crippen LogP contribution in [0.4, 0.5) is 0 Å². The zero-order valence-corrected chi connectivity index (χ0v) is 10.3. The molecular formula is C16H10O4. The van der Waals surface area contributed by atoms with Crippen molar-refractivity contribution >= 4 is 33.5 Å². The number of hydrogen-bond donors (Lipinski definition) is 2. The number of rotatable bonds is 2. The average Bonchev–Trinajstić information content (AvgIpc) is 2.43. The maximum atomic E-state index is 11.3. The van der Waals surface area contributed by atoms with Gasteiger partial charge in [0.15, 0.2) is 0 Å². The molecule has 2 N–H and O–H groups in total. The zero-order chi connectivity index (χ0) is 14.3. The Morgan fingerprint density at radius 3 is 1.55 bits per heavy atom. The topological polar surface area (TPSA) is 74.6 Å². The van der Waals surface area contributed by atoms with Gasteiger partial charge in [-0.05, 0) is 45.8 Å². The van der Waals surface area contributed by atoms with Crippen molar-refractivity contribution in [3.63, 3.8) is 0 Å². The van der Waals surface area contributed by atoms with E-state index in [4.69, 9.17) is 0 Å². The molecule has 0 heterocycles. The third-order valence-corrected chi connectivity index (χ3v) is 3.34. The van der Waals surface area contributed by atoms with Gasteiger partial charge < -0.3 is 10.2 Å². The number of carboxylic acid groups (broad SMARTS) is 2. The first-order valence-electron chi connectivity index (χ1n) is 6.00. The fraction of sp³-hybridized carbons (Fsp3) is 0. The molecule has 0 saturated carbocycles. The van der Waals surface area contributed by atoms with E-state index < -0.39 is 11.9 Å². The Hall–Kier alpha value is -2.88. The highest BCUT2D eigenvalue weighted by Crippen LogP contribution is 2.27. The van der Waals surface area contributed by atoms with Crippen molar-refractivity contribution in [3.8, 4) is 0 Å². The SMILES string of the molecule is O=C(O)c1cccc2cc3cccc(C(=O)O)c3cc12. The number of aromatic carboxylic acids is 2. The second kappa shape index (κ2) is 4.35. The van der Waals surface area contributed by atoms with Crippen molar-refractivity contribution in [2.45, 2.75) is 0 Å². The molecule has 0 unspecified atom stereocenters. The van der Waals surface area contributed by atoms with Gasteiger partial charge in [0, 0.05) is 0 Å². The summed E-state index contributed by atoms with van der Waals surface area (Å²) in [4.78, 5) is 22.5. The van der Waals surface area contributed by atoms with Crippen LogP contribution < -0.4 is 0 Å². The molecule has 3 aromatic carbocycles. The summed E-state index contributed by atoms with van der Waals surface area (Å²) >= 11 is 0. The molecule has 20 heavy (non-hydrogen) atoms. The molecule has 4 nitrogen and oxygen atoms in total. The van der Waals surface area contributed by atoms with Gasteiger partial charge in [0.1, 0.15) is 0 Å². The van der Waals surface area contributed by atoms with Crippen LogP contribution in [0.15, 0.2) is 48.5 Å². The minimum atomic E-state index is -1.03. The number of benzene rings is 3. The van der Waals surface area contributed by atoms with E-state index in [2.05, 4.69) is 0 Å². The molecule has 0 aliphatic carbocycles. The highest BCUT2D eigenvalue weighted by atomic mass is 16.4. The van der Waals surface area contributed by atoms with Gasteiger partial charge in [0.2, 0.25) is 0 Å². The summed E-state index contributed by atoms with van der Waals surface area (Å²) in [6.45, 7) is 0. The summed E-state index contributed by atoms with van der Waals surface area (Å²) in [5.74, 6) is -2.05. The van der Waals surface area contributed by atoms with Gasteiger partial charge in [0.25, 0.3) is 0 Å². The highest BCUT2D eigenvalue weighted by molar-refractivity contribution is 6.12. The first kappa shape index (κ1) is 12.2. The molecule has 4 heteroatoms. The van der Waals surface area contributed by atoms with Crippen molar-refractivity contribution in [2.24, 2.45) is 0 Å². The van der Waals surface area contributed by atoms with Crippen molar-refractivity contribution < 1.29 is 19.8 Å². The molecule has 0 radical (unpaired) electrons. The van der Waals surface area contributed by atoms with Crippen LogP contribution in [-0.2, 0) is 0 Å². The summed E-state index contributed by atoms with van der Waals surface area (Å²) in [6.07, 6.45) is 0. The molecule has 0 saturated heterocycles. The molecule has 0 spiro atoms. The van der Waals surface area contributed by atoms with Crippen LogP contribution in [0.1, 0.15) is 20.7 Å². The van der Waals surface area contributed by atoms with Gasteiger partial charge in [-0.3, -0.25) is 0 Å². The molecule has 3 rings (SSSR count). The minimum absolute atomic E-state index is 0.171. The number of fused-ring (bicyclic) bond motifs is 2. The lowest BCUT2D eigenvalue weighted by Crippen LogP contribution is -1.99. The molecule has 0 bridgehead atoms. The van der Waals surface area contributed by atoms with E-state index in [1.165, 1.54) is 12.1 Å². The van der Waals surface area contributed by atoms with Gasteiger partial charge >= 0.3 is 11.9 Å². The minimum Gasteiger partial charge on any atom is -0.478 e. The molecule has 3 aromatic rings. The lowest BCUT2D eigenvalue weighted by Gasteiger charge is -2.07. The largest absolute Gasteiger partial charge is 0.478 e. The monoisotopic (exact) mass is 266 g/mol. The van der Waals surface area contributed by atoms with Crippen LogP contribution >= 0.6 is 0 Å². The van der Waals surface area contributed by atoms with Gasteiger partial charge in [-0.25, -0.2) is 9.59 Å². The van der Waals surface area contributed by atoms with Crippen LogP contribution in [0.5, 0.6) is 0 Å². The van der Waals surface area contributed by atoms with Crippen LogP contribution in [0.3, 0.4) is 0 Å². The van der Waals surface area contributed by atoms with E-state index in [9.17, 15) is 19.8 Å². The summed E-state index contributed by atoms with van der Waals surface area (Å²) in [7, 11) is 0. The summed E-state index contributed by atoms with van der Waals surface area (Å²) in [6, 6.07) is 13.5. The molecule has 0 aromatic heterocycles. The first-order chi connectivity index (χ1) is 9.58. The molecule has 0 amide bonds. The van der Waals surface area contributed by atoms with Gasteiger partial charge in [-0.1, -0.05) is 24.3 Å². The molecule has 0 aliphatic heterocycles. The molecule has 0 aliphatic rings. The smallest absolute Gasteiger partial charge is 0.336 e. The van der Waals surface area contributed by atoms with Crippen molar-refractivity contribution in [1.29, 1.82) is 0 Å².